The van der Waals surface area contributed by atoms with Crippen LogP contribution >= 0.6 is 0 Å². The summed E-state index contributed by atoms with van der Waals surface area (Å²) in [7, 11) is 0. The number of nitrogens with zero attached hydrogens (tertiary/aromatic N) is 1. The van der Waals surface area contributed by atoms with Gasteiger partial charge in [-0.3, -0.25) is 4.79 Å². The van der Waals surface area contributed by atoms with Crippen LogP contribution in [0.2, 0.25) is 0 Å². The topological polar surface area (TPSA) is 40.9 Å². The summed E-state index contributed by atoms with van der Waals surface area (Å²) >= 11 is 0. The number of rotatable bonds is 2. The Hall–Kier alpha value is -1.62. The average Bonchev–Trinajstić information content (AvgIpc) is 2.28. The zero-order chi connectivity index (χ0) is 11.3. The fourth-order valence-corrected chi connectivity index (χ4v) is 1.66. The summed E-state index contributed by atoms with van der Waals surface area (Å²) in [6, 6.07) is 2.17. The van der Waals surface area contributed by atoms with Crippen molar-refractivity contribution in [3.63, 3.8) is 0 Å². The van der Waals surface area contributed by atoms with Crippen LogP contribution in [0.25, 0.3) is 0 Å². The maximum Gasteiger partial charge on any atom is 0.145 e. The highest BCUT2D eigenvalue weighted by Gasteiger charge is 2.08. The summed E-state index contributed by atoms with van der Waals surface area (Å²) in [4.78, 5) is 10.5. The molecule has 0 spiro atoms. The molecular weight excluding hydrogens is 186 g/mol. The van der Waals surface area contributed by atoms with Gasteiger partial charge in [-0.2, -0.15) is 5.26 Å². The lowest BCUT2D eigenvalue weighted by Gasteiger charge is -2.13. The van der Waals surface area contributed by atoms with Crippen molar-refractivity contribution in [2.24, 2.45) is 0 Å². The lowest BCUT2D eigenvalue weighted by molar-refractivity contribution is -0.104. The molecule has 0 aromatic rings. The fourth-order valence-electron chi connectivity index (χ4n) is 1.66. The summed E-state index contributed by atoms with van der Waals surface area (Å²) < 4.78 is 0. The van der Waals surface area contributed by atoms with E-state index < -0.39 is 0 Å². The molecule has 0 unspecified atom stereocenters. The molecule has 0 amide bonds. The Labute approximate surface area is 90.6 Å². The highest BCUT2D eigenvalue weighted by atomic mass is 16.1. The molecule has 0 saturated carbocycles. The summed E-state index contributed by atoms with van der Waals surface area (Å²) in [5, 5.41) is 8.79. The molecule has 1 aliphatic carbocycles. The summed E-state index contributed by atoms with van der Waals surface area (Å²) in [6.45, 7) is 3.63. The van der Waals surface area contributed by atoms with E-state index in [9.17, 15) is 4.79 Å². The molecule has 0 N–H and O–H groups in total. The van der Waals surface area contributed by atoms with Crippen LogP contribution in [-0.4, -0.2) is 6.29 Å². The second kappa shape index (κ2) is 5.31. The van der Waals surface area contributed by atoms with E-state index in [2.05, 4.69) is 6.07 Å². The molecule has 0 saturated heterocycles. The number of aldehydes is 1. The van der Waals surface area contributed by atoms with Crippen LogP contribution in [-0.2, 0) is 4.79 Å². The number of carbonyl (C=O) groups is 1. The van der Waals surface area contributed by atoms with Crippen LogP contribution in [0.5, 0.6) is 0 Å². The van der Waals surface area contributed by atoms with Crippen molar-refractivity contribution in [3.8, 4) is 6.07 Å². The van der Waals surface area contributed by atoms with E-state index >= 15 is 0 Å². The van der Waals surface area contributed by atoms with Gasteiger partial charge >= 0.3 is 0 Å². The highest BCUT2D eigenvalue weighted by molar-refractivity contribution is 5.73. The zero-order valence-electron chi connectivity index (χ0n) is 9.21. The van der Waals surface area contributed by atoms with E-state index in [4.69, 9.17) is 5.26 Å². The maximum absolute atomic E-state index is 10.5. The minimum Gasteiger partial charge on any atom is -0.298 e. The van der Waals surface area contributed by atoms with E-state index in [1.165, 1.54) is 0 Å². The third-order valence-electron chi connectivity index (χ3n) is 2.52. The second-order valence-electron chi connectivity index (χ2n) is 3.84. The second-order valence-corrected chi connectivity index (χ2v) is 3.84. The SMILES string of the molecule is C/C(C=O)=C\C1=CC(=C(\C)C#N)/CCC1. The van der Waals surface area contributed by atoms with Gasteiger partial charge in [0.25, 0.3) is 0 Å². The number of nitriles is 1. The zero-order valence-corrected chi connectivity index (χ0v) is 9.21. The first-order chi connectivity index (χ1) is 7.17. The predicted molar refractivity (Wildman–Crippen MR) is 60.1 cm³/mol. The van der Waals surface area contributed by atoms with Gasteiger partial charge in [-0.25, -0.2) is 0 Å². The molecule has 2 nitrogen and oxygen atoms in total. The largest absolute Gasteiger partial charge is 0.298 e. The summed E-state index contributed by atoms with van der Waals surface area (Å²) in [5.41, 5.74) is 3.77. The molecule has 15 heavy (non-hydrogen) atoms. The van der Waals surface area contributed by atoms with Crippen molar-refractivity contribution >= 4 is 6.29 Å². The van der Waals surface area contributed by atoms with Gasteiger partial charge in [0.05, 0.1) is 6.07 Å². The minimum absolute atomic E-state index is 0.733. The lowest BCUT2D eigenvalue weighted by atomic mass is 9.92. The van der Waals surface area contributed by atoms with Crippen LogP contribution in [0.15, 0.2) is 34.4 Å². The molecule has 0 aromatic carbocycles. The number of allylic oxidation sites excluding steroid dienone is 6. The molecule has 78 valence electrons. The van der Waals surface area contributed by atoms with Gasteiger partial charge < -0.3 is 0 Å². The van der Waals surface area contributed by atoms with E-state index in [-0.39, 0.29) is 0 Å². The molecule has 0 aliphatic heterocycles. The van der Waals surface area contributed by atoms with Gasteiger partial charge in [-0.1, -0.05) is 12.2 Å². The average molecular weight is 201 g/mol. The van der Waals surface area contributed by atoms with Crippen molar-refractivity contribution in [2.75, 3.05) is 0 Å². The Bertz CT molecular complexity index is 391. The van der Waals surface area contributed by atoms with Gasteiger partial charge in [0, 0.05) is 5.57 Å². The van der Waals surface area contributed by atoms with Crippen molar-refractivity contribution in [1.29, 1.82) is 5.26 Å². The summed E-state index contributed by atoms with van der Waals surface area (Å²) in [5.74, 6) is 0. The van der Waals surface area contributed by atoms with Gasteiger partial charge in [0.1, 0.15) is 6.29 Å². The molecule has 0 radical (unpaired) electrons. The van der Waals surface area contributed by atoms with Gasteiger partial charge in [0.2, 0.25) is 0 Å². The Kier molecular flexibility index (Phi) is 4.05. The third kappa shape index (κ3) is 3.21. The Morgan fingerprint density at radius 2 is 2.20 bits per heavy atom. The molecule has 0 atom stereocenters. The molecule has 1 aliphatic rings. The normalized spacial score (nSPS) is 20.3. The Balaban J connectivity index is 2.99. The Morgan fingerprint density at radius 1 is 1.47 bits per heavy atom. The number of hydrogen-bond acceptors (Lipinski definition) is 2. The van der Waals surface area contributed by atoms with Crippen LogP contribution in [0.1, 0.15) is 33.1 Å². The quantitative estimate of drug-likeness (QED) is 0.391. The molecular formula is C13H15NO. The molecule has 1 rings (SSSR count). The lowest BCUT2D eigenvalue weighted by Crippen LogP contribution is -1.96. The van der Waals surface area contributed by atoms with Crippen LogP contribution in [0.3, 0.4) is 0 Å². The molecule has 0 heterocycles. The van der Waals surface area contributed by atoms with Gasteiger partial charge in [-0.15, -0.1) is 0 Å². The van der Waals surface area contributed by atoms with Crippen molar-refractivity contribution < 1.29 is 4.79 Å². The van der Waals surface area contributed by atoms with Crippen LogP contribution in [0.4, 0.5) is 0 Å². The monoisotopic (exact) mass is 201 g/mol. The Morgan fingerprint density at radius 3 is 2.80 bits per heavy atom. The van der Waals surface area contributed by atoms with Crippen molar-refractivity contribution in [3.05, 3.63) is 34.4 Å². The standard InChI is InChI=1S/C13H15NO/c1-10(9-15)6-12-4-3-5-13(7-12)11(2)8-14/h6-7,9H,3-5H2,1-2H3/b10-6+,13-11+. The third-order valence-corrected chi connectivity index (χ3v) is 2.52. The predicted octanol–water partition coefficient (Wildman–Crippen LogP) is 3.08. The molecule has 2 heteroatoms. The van der Waals surface area contributed by atoms with E-state index in [0.29, 0.717) is 0 Å². The molecule has 0 fully saturated rings. The first kappa shape index (κ1) is 11.5. The van der Waals surface area contributed by atoms with Crippen LogP contribution in [0, 0.1) is 11.3 Å². The highest BCUT2D eigenvalue weighted by Crippen LogP contribution is 2.25. The first-order valence-corrected chi connectivity index (χ1v) is 5.11. The number of hydrogen-bond donors (Lipinski definition) is 0. The fraction of sp³-hybridized carbons (Fsp3) is 0.385. The smallest absolute Gasteiger partial charge is 0.145 e. The van der Waals surface area contributed by atoms with Gasteiger partial charge in [-0.05, 0) is 49.8 Å². The minimum atomic E-state index is 0.733. The molecule has 0 bridgehead atoms. The number of carbonyl (C=O) groups excluding carboxylic acids is 1. The van der Waals surface area contributed by atoms with E-state index in [1.54, 1.807) is 6.92 Å². The van der Waals surface area contributed by atoms with E-state index in [0.717, 1.165) is 47.8 Å². The maximum atomic E-state index is 10.5. The first-order valence-electron chi connectivity index (χ1n) is 5.11. The molecule has 0 aromatic heterocycles. The summed E-state index contributed by atoms with van der Waals surface area (Å²) in [6.07, 6.45) is 7.81. The van der Waals surface area contributed by atoms with Crippen LogP contribution < -0.4 is 0 Å². The van der Waals surface area contributed by atoms with E-state index in [1.807, 2.05) is 19.1 Å². The van der Waals surface area contributed by atoms with Crippen molar-refractivity contribution in [2.45, 2.75) is 33.1 Å². The van der Waals surface area contributed by atoms with Crippen molar-refractivity contribution in [1.82, 2.24) is 0 Å². The van der Waals surface area contributed by atoms with Gasteiger partial charge in [0.15, 0.2) is 0 Å².